The summed E-state index contributed by atoms with van der Waals surface area (Å²) >= 11 is 0. The Morgan fingerprint density at radius 3 is 2.10 bits per heavy atom. The highest BCUT2D eigenvalue weighted by Crippen LogP contribution is 2.33. The van der Waals surface area contributed by atoms with E-state index in [0.29, 0.717) is 12.3 Å². The third kappa shape index (κ3) is 9.17. The molecule has 0 radical (unpaired) electrons. The molecule has 0 aliphatic rings. The Morgan fingerprint density at radius 2 is 1.54 bits per heavy atom. The number of alkyl carbamates (subject to hydrolysis) is 1. The van der Waals surface area contributed by atoms with Gasteiger partial charge in [-0.15, -0.1) is 0 Å². The monoisotopic (exact) mass is 559 g/mol. The van der Waals surface area contributed by atoms with Crippen LogP contribution in [-0.4, -0.2) is 33.7 Å². The molecule has 0 spiro atoms. The summed E-state index contributed by atoms with van der Waals surface area (Å²) in [5, 5.41) is 15.0. The molecular formula is C33H41N3O5. The maximum Gasteiger partial charge on any atom is 0.407 e. The van der Waals surface area contributed by atoms with Crippen molar-refractivity contribution >= 4 is 18.0 Å². The van der Waals surface area contributed by atoms with Crippen molar-refractivity contribution in [3.05, 3.63) is 87.7 Å². The molecule has 3 aromatic rings. The molecule has 0 saturated heterocycles. The van der Waals surface area contributed by atoms with Crippen LogP contribution in [0.5, 0.6) is 0 Å². The van der Waals surface area contributed by atoms with E-state index in [1.165, 1.54) is 12.1 Å². The summed E-state index contributed by atoms with van der Waals surface area (Å²) < 4.78 is 5.49. The Balaban J connectivity index is 1.99. The predicted octanol–water partition coefficient (Wildman–Crippen LogP) is 6.15. The van der Waals surface area contributed by atoms with Gasteiger partial charge in [-0.1, -0.05) is 55.8 Å². The van der Waals surface area contributed by atoms with Crippen molar-refractivity contribution in [1.82, 2.24) is 15.6 Å². The van der Waals surface area contributed by atoms with E-state index in [2.05, 4.69) is 24.5 Å². The summed E-state index contributed by atoms with van der Waals surface area (Å²) in [6, 6.07) is 14.5. The van der Waals surface area contributed by atoms with Crippen LogP contribution in [0, 0.1) is 19.8 Å². The van der Waals surface area contributed by atoms with Crippen molar-refractivity contribution in [3.63, 3.8) is 0 Å². The van der Waals surface area contributed by atoms with Crippen LogP contribution in [-0.2, 0) is 35.5 Å². The number of carboxylic acid groups (broad SMARTS) is 1. The summed E-state index contributed by atoms with van der Waals surface area (Å²) in [6.45, 7) is 14.1. The van der Waals surface area contributed by atoms with Crippen molar-refractivity contribution in [1.29, 1.82) is 0 Å². The molecule has 1 aromatic heterocycles. The van der Waals surface area contributed by atoms with Crippen molar-refractivity contribution < 1.29 is 24.2 Å². The summed E-state index contributed by atoms with van der Waals surface area (Å²) in [5.41, 5.74) is 6.61. The van der Waals surface area contributed by atoms with Gasteiger partial charge in [0.1, 0.15) is 5.60 Å². The van der Waals surface area contributed by atoms with Crippen LogP contribution in [0.15, 0.2) is 48.5 Å². The van der Waals surface area contributed by atoms with E-state index >= 15 is 0 Å². The quantitative estimate of drug-likeness (QED) is 0.274. The van der Waals surface area contributed by atoms with E-state index in [1.807, 2.05) is 58.9 Å². The van der Waals surface area contributed by atoms with Crippen LogP contribution in [0.4, 0.5) is 4.79 Å². The molecule has 3 rings (SSSR count). The number of hydrogen-bond donors (Lipinski definition) is 3. The van der Waals surface area contributed by atoms with Crippen LogP contribution in [0.3, 0.4) is 0 Å². The second-order valence-electron chi connectivity index (χ2n) is 11.8. The topological polar surface area (TPSA) is 118 Å². The summed E-state index contributed by atoms with van der Waals surface area (Å²) in [6.07, 6.45) is 0.289. The van der Waals surface area contributed by atoms with Crippen LogP contribution >= 0.6 is 0 Å². The molecule has 0 bridgehead atoms. The molecule has 0 fully saturated rings. The number of ether oxygens (including phenoxy) is 1. The van der Waals surface area contributed by atoms with Gasteiger partial charge in [0.15, 0.2) is 0 Å². The molecule has 2 aromatic carbocycles. The summed E-state index contributed by atoms with van der Waals surface area (Å²) in [4.78, 5) is 41.9. The van der Waals surface area contributed by atoms with Crippen molar-refractivity contribution in [2.24, 2.45) is 5.92 Å². The SMILES string of the molecule is Cc1ccc(-c2c(CC(=O)NCc3ccc(C(=O)O)cc3)c(C)nc(CC(C)C)c2CNC(=O)OC(C)(C)C)cc1. The molecular weight excluding hydrogens is 518 g/mol. The Hall–Kier alpha value is -4.20. The van der Waals surface area contributed by atoms with Gasteiger partial charge < -0.3 is 20.5 Å². The lowest BCUT2D eigenvalue weighted by atomic mass is 9.88. The number of pyridine rings is 1. The first-order valence-corrected chi connectivity index (χ1v) is 13.9. The van der Waals surface area contributed by atoms with Gasteiger partial charge in [0, 0.05) is 30.0 Å². The molecule has 3 N–H and O–H groups in total. The summed E-state index contributed by atoms with van der Waals surface area (Å²) in [7, 11) is 0. The highest BCUT2D eigenvalue weighted by Gasteiger charge is 2.23. The first-order valence-electron chi connectivity index (χ1n) is 13.9. The van der Waals surface area contributed by atoms with E-state index in [0.717, 1.165) is 44.8 Å². The number of carbonyl (C=O) groups excluding carboxylic acids is 2. The number of hydrogen-bond acceptors (Lipinski definition) is 5. The van der Waals surface area contributed by atoms with Gasteiger partial charge in [0.2, 0.25) is 5.91 Å². The maximum atomic E-state index is 13.2. The highest BCUT2D eigenvalue weighted by molar-refractivity contribution is 5.87. The van der Waals surface area contributed by atoms with E-state index < -0.39 is 17.7 Å². The van der Waals surface area contributed by atoms with Gasteiger partial charge in [-0.25, -0.2) is 9.59 Å². The number of aromatic nitrogens is 1. The molecule has 0 unspecified atom stereocenters. The normalized spacial score (nSPS) is 11.3. The molecule has 8 nitrogen and oxygen atoms in total. The average Bonchev–Trinajstić information content (AvgIpc) is 2.87. The zero-order chi connectivity index (χ0) is 30.3. The Kier molecular flexibility index (Phi) is 10.3. The van der Waals surface area contributed by atoms with Crippen molar-refractivity contribution in [3.8, 4) is 11.1 Å². The molecule has 0 atom stereocenters. The number of nitrogens with zero attached hydrogens (tertiary/aromatic N) is 1. The first kappa shape index (κ1) is 31.3. The number of carboxylic acids is 1. The van der Waals surface area contributed by atoms with Crippen LogP contribution in [0.2, 0.25) is 0 Å². The average molecular weight is 560 g/mol. The molecule has 0 aliphatic heterocycles. The Morgan fingerprint density at radius 1 is 0.902 bits per heavy atom. The minimum Gasteiger partial charge on any atom is -0.478 e. The standard InChI is InChI=1S/C33H41N3O5/c1-20(2)16-28-27(19-35-32(40)41-33(5,6)7)30(24-12-8-21(3)9-13-24)26(22(4)36-28)17-29(37)34-18-23-10-14-25(15-11-23)31(38)39/h8-15,20H,16-19H2,1-7H3,(H,34,37)(H,35,40)(H,38,39). The second-order valence-corrected chi connectivity index (χ2v) is 11.8. The second kappa shape index (κ2) is 13.4. The van der Waals surface area contributed by atoms with E-state index in [4.69, 9.17) is 14.8 Å². The fourth-order valence-electron chi connectivity index (χ4n) is 4.54. The smallest absolute Gasteiger partial charge is 0.407 e. The number of benzene rings is 2. The van der Waals surface area contributed by atoms with Crippen LogP contribution in [0.25, 0.3) is 11.1 Å². The van der Waals surface area contributed by atoms with E-state index in [1.54, 1.807) is 12.1 Å². The Labute approximate surface area is 242 Å². The molecule has 2 amide bonds. The lowest BCUT2D eigenvalue weighted by molar-refractivity contribution is -0.120. The molecule has 1 heterocycles. The van der Waals surface area contributed by atoms with E-state index in [-0.39, 0.29) is 31.0 Å². The number of carbonyl (C=O) groups is 3. The van der Waals surface area contributed by atoms with E-state index in [9.17, 15) is 14.4 Å². The fraction of sp³-hybridized carbons (Fsp3) is 0.394. The lowest BCUT2D eigenvalue weighted by Crippen LogP contribution is -2.33. The summed E-state index contributed by atoms with van der Waals surface area (Å²) in [5.74, 6) is -0.854. The molecule has 8 heteroatoms. The first-order chi connectivity index (χ1) is 19.2. The van der Waals surface area contributed by atoms with Crippen LogP contribution in [0.1, 0.15) is 78.6 Å². The zero-order valence-electron chi connectivity index (χ0n) is 25.1. The Bertz CT molecular complexity index is 1390. The van der Waals surface area contributed by atoms with Gasteiger partial charge in [0.05, 0.1) is 12.0 Å². The van der Waals surface area contributed by atoms with Gasteiger partial charge in [-0.05, 0) is 81.3 Å². The van der Waals surface area contributed by atoms with Gasteiger partial charge in [-0.3, -0.25) is 9.78 Å². The van der Waals surface area contributed by atoms with Crippen molar-refractivity contribution in [2.45, 2.75) is 80.0 Å². The minimum atomic E-state index is -0.995. The number of aryl methyl sites for hydroxylation is 2. The number of aromatic carboxylic acids is 1. The third-order valence-corrected chi connectivity index (χ3v) is 6.47. The predicted molar refractivity (Wildman–Crippen MR) is 160 cm³/mol. The number of amides is 2. The lowest BCUT2D eigenvalue weighted by Gasteiger charge is -2.23. The fourth-order valence-corrected chi connectivity index (χ4v) is 4.54. The molecule has 218 valence electrons. The molecule has 0 aliphatic carbocycles. The van der Waals surface area contributed by atoms with Gasteiger partial charge in [0.25, 0.3) is 0 Å². The maximum absolute atomic E-state index is 13.2. The van der Waals surface area contributed by atoms with Gasteiger partial charge >= 0.3 is 12.1 Å². The third-order valence-electron chi connectivity index (χ3n) is 6.47. The highest BCUT2D eigenvalue weighted by atomic mass is 16.6. The molecule has 0 saturated carbocycles. The minimum absolute atomic E-state index is 0.0939. The zero-order valence-corrected chi connectivity index (χ0v) is 25.1. The van der Waals surface area contributed by atoms with Gasteiger partial charge in [-0.2, -0.15) is 0 Å². The number of rotatable bonds is 10. The number of nitrogens with one attached hydrogen (secondary N) is 2. The van der Waals surface area contributed by atoms with Crippen molar-refractivity contribution in [2.75, 3.05) is 0 Å². The van der Waals surface area contributed by atoms with Crippen LogP contribution < -0.4 is 10.6 Å². The largest absolute Gasteiger partial charge is 0.478 e. The molecule has 41 heavy (non-hydrogen) atoms.